The molecule has 0 aliphatic heterocycles. The van der Waals surface area contributed by atoms with E-state index in [2.05, 4.69) is 27.9 Å². The van der Waals surface area contributed by atoms with E-state index in [4.69, 9.17) is 4.74 Å². The third kappa shape index (κ3) is 7.58. The van der Waals surface area contributed by atoms with E-state index in [9.17, 15) is 9.59 Å². The Morgan fingerprint density at radius 3 is 2.32 bits per heavy atom. The number of hydrogen-bond donors (Lipinski definition) is 1. The van der Waals surface area contributed by atoms with Crippen LogP contribution in [-0.4, -0.2) is 35.9 Å². The number of halogens is 1. The summed E-state index contributed by atoms with van der Waals surface area (Å²) in [6.45, 7) is 4.79. The minimum absolute atomic E-state index is 0.140. The number of rotatable bonds is 11. The fraction of sp³-hybridized carbons (Fsp3) is 0.286. The predicted molar refractivity (Wildman–Crippen MR) is 144 cm³/mol. The van der Waals surface area contributed by atoms with Crippen molar-refractivity contribution in [2.24, 2.45) is 0 Å². The van der Waals surface area contributed by atoms with E-state index < -0.39 is 6.04 Å². The summed E-state index contributed by atoms with van der Waals surface area (Å²) in [4.78, 5) is 28.5. The highest BCUT2D eigenvalue weighted by molar-refractivity contribution is 14.1. The molecule has 0 saturated carbocycles. The second-order valence-electron chi connectivity index (χ2n) is 8.19. The zero-order valence-corrected chi connectivity index (χ0v) is 21.8. The van der Waals surface area contributed by atoms with Gasteiger partial charge in [0.25, 0.3) is 5.91 Å². The molecular weight excluding hydrogens is 539 g/mol. The van der Waals surface area contributed by atoms with E-state index in [-0.39, 0.29) is 18.4 Å². The van der Waals surface area contributed by atoms with Crippen LogP contribution in [0.25, 0.3) is 0 Å². The lowest BCUT2D eigenvalue weighted by atomic mass is 10.0. The van der Waals surface area contributed by atoms with Crippen molar-refractivity contribution in [2.45, 2.75) is 39.3 Å². The zero-order valence-electron chi connectivity index (χ0n) is 19.7. The zero-order chi connectivity index (χ0) is 24.3. The first-order valence-corrected chi connectivity index (χ1v) is 12.6. The lowest BCUT2D eigenvalue weighted by Gasteiger charge is -2.32. The minimum Gasteiger partial charge on any atom is -0.484 e. The molecule has 1 unspecified atom stereocenters. The molecule has 3 aromatic carbocycles. The number of aryl methyl sites for hydroxylation is 1. The van der Waals surface area contributed by atoms with Crippen LogP contribution in [0.1, 0.15) is 30.0 Å². The molecule has 6 heteroatoms. The summed E-state index contributed by atoms with van der Waals surface area (Å²) in [6.07, 6.45) is 1.25. The van der Waals surface area contributed by atoms with Crippen molar-refractivity contribution in [1.82, 2.24) is 10.2 Å². The lowest BCUT2D eigenvalue weighted by Crippen LogP contribution is -2.51. The van der Waals surface area contributed by atoms with Crippen LogP contribution in [0.3, 0.4) is 0 Å². The van der Waals surface area contributed by atoms with Crippen molar-refractivity contribution in [3.63, 3.8) is 0 Å². The van der Waals surface area contributed by atoms with Crippen molar-refractivity contribution in [3.05, 3.63) is 99.1 Å². The van der Waals surface area contributed by atoms with Crippen LogP contribution < -0.4 is 10.1 Å². The van der Waals surface area contributed by atoms with Gasteiger partial charge in [-0.15, -0.1) is 0 Å². The van der Waals surface area contributed by atoms with Crippen LogP contribution in [0, 0.1) is 10.5 Å². The number of amides is 2. The summed E-state index contributed by atoms with van der Waals surface area (Å²) in [5.74, 6) is 0.246. The van der Waals surface area contributed by atoms with Crippen molar-refractivity contribution < 1.29 is 14.3 Å². The molecule has 3 rings (SSSR count). The maximum absolute atomic E-state index is 13.5. The van der Waals surface area contributed by atoms with E-state index in [1.54, 1.807) is 4.90 Å². The molecule has 0 radical (unpaired) electrons. The van der Waals surface area contributed by atoms with E-state index >= 15 is 0 Å². The fourth-order valence-electron chi connectivity index (χ4n) is 3.65. The van der Waals surface area contributed by atoms with Crippen LogP contribution in [0.15, 0.2) is 78.9 Å². The Morgan fingerprint density at radius 2 is 1.65 bits per heavy atom. The second-order valence-corrected chi connectivity index (χ2v) is 9.43. The molecule has 1 atom stereocenters. The molecule has 1 N–H and O–H groups in total. The summed E-state index contributed by atoms with van der Waals surface area (Å²) >= 11 is 2.23. The molecule has 2 amide bonds. The highest BCUT2D eigenvalue weighted by Crippen LogP contribution is 2.18. The predicted octanol–water partition coefficient (Wildman–Crippen LogP) is 5.14. The Hall–Kier alpha value is -2.87. The summed E-state index contributed by atoms with van der Waals surface area (Å²) < 4.78 is 6.90. The molecule has 178 valence electrons. The maximum Gasteiger partial charge on any atom is 0.261 e. The molecule has 0 heterocycles. The van der Waals surface area contributed by atoms with Gasteiger partial charge >= 0.3 is 0 Å². The molecule has 3 aromatic rings. The smallest absolute Gasteiger partial charge is 0.261 e. The van der Waals surface area contributed by atoms with Crippen molar-refractivity contribution in [3.8, 4) is 5.75 Å². The van der Waals surface area contributed by atoms with Gasteiger partial charge in [0.15, 0.2) is 6.61 Å². The molecule has 34 heavy (non-hydrogen) atoms. The number of carbonyl (C=O) groups excluding carboxylic acids is 2. The van der Waals surface area contributed by atoms with Gasteiger partial charge in [0.2, 0.25) is 5.91 Å². The molecule has 0 aromatic heterocycles. The van der Waals surface area contributed by atoms with E-state index in [1.165, 1.54) is 0 Å². The first-order chi connectivity index (χ1) is 16.5. The third-order valence-corrected chi connectivity index (χ3v) is 6.32. The summed E-state index contributed by atoms with van der Waals surface area (Å²) in [7, 11) is 0. The van der Waals surface area contributed by atoms with Gasteiger partial charge in [0.05, 0.1) is 0 Å². The highest BCUT2D eigenvalue weighted by atomic mass is 127. The van der Waals surface area contributed by atoms with Crippen LogP contribution in [0.5, 0.6) is 5.75 Å². The van der Waals surface area contributed by atoms with Crippen molar-refractivity contribution in [2.75, 3.05) is 13.2 Å². The first-order valence-electron chi connectivity index (χ1n) is 11.5. The van der Waals surface area contributed by atoms with Crippen LogP contribution in [0.4, 0.5) is 0 Å². The average Bonchev–Trinajstić information content (AvgIpc) is 2.85. The third-order valence-electron chi connectivity index (χ3n) is 5.60. The van der Waals surface area contributed by atoms with Gasteiger partial charge in [-0.25, -0.2) is 0 Å². The number of benzene rings is 3. The molecule has 0 saturated heterocycles. The number of nitrogens with zero attached hydrogens (tertiary/aromatic N) is 1. The summed E-state index contributed by atoms with van der Waals surface area (Å²) in [6, 6.07) is 24.7. The Bertz CT molecular complexity index is 1070. The van der Waals surface area contributed by atoms with Gasteiger partial charge in [-0.05, 0) is 76.9 Å². The van der Waals surface area contributed by atoms with Crippen LogP contribution in [-0.2, 0) is 22.6 Å². The van der Waals surface area contributed by atoms with Gasteiger partial charge in [0.1, 0.15) is 11.8 Å². The molecule has 0 aliphatic carbocycles. The number of carbonyl (C=O) groups is 2. The lowest BCUT2D eigenvalue weighted by molar-refractivity contribution is -0.142. The highest BCUT2D eigenvalue weighted by Gasteiger charge is 2.30. The molecule has 5 nitrogen and oxygen atoms in total. The van der Waals surface area contributed by atoms with Crippen LogP contribution in [0.2, 0.25) is 0 Å². The topological polar surface area (TPSA) is 58.6 Å². The van der Waals surface area contributed by atoms with Gasteiger partial charge in [-0.3, -0.25) is 9.59 Å². The summed E-state index contributed by atoms with van der Waals surface area (Å²) in [5, 5.41) is 2.99. The first kappa shape index (κ1) is 25.7. The van der Waals surface area contributed by atoms with E-state index in [0.717, 1.165) is 26.7 Å². The normalized spacial score (nSPS) is 11.5. The number of hydrogen-bond acceptors (Lipinski definition) is 3. The molecule has 0 spiro atoms. The Kier molecular flexibility index (Phi) is 9.94. The maximum atomic E-state index is 13.5. The van der Waals surface area contributed by atoms with Crippen molar-refractivity contribution in [1.29, 1.82) is 0 Å². The molecule has 0 bridgehead atoms. The van der Waals surface area contributed by atoms with Crippen LogP contribution >= 0.6 is 22.6 Å². The van der Waals surface area contributed by atoms with Gasteiger partial charge in [-0.2, -0.15) is 0 Å². The Balaban J connectivity index is 1.89. The minimum atomic E-state index is -0.652. The second kappa shape index (κ2) is 13.1. The quantitative estimate of drug-likeness (QED) is 0.325. The van der Waals surface area contributed by atoms with E-state index in [1.807, 2.05) is 92.7 Å². The van der Waals surface area contributed by atoms with Gasteiger partial charge < -0.3 is 15.0 Å². The molecule has 0 aliphatic rings. The SMILES string of the molecule is CCCNC(=O)C(Cc1ccccc1)N(Cc1ccccc1C)C(=O)COc1ccc(I)cc1. The standard InChI is InChI=1S/C28H31IN2O3/c1-3-17-30-28(33)26(18-22-10-5-4-6-11-22)31(19-23-12-8-7-9-21(23)2)27(32)20-34-25-15-13-24(29)14-16-25/h4-16,26H,3,17-20H2,1-2H3,(H,30,33). The number of nitrogens with one attached hydrogen (secondary N) is 1. The Labute approximate surface area is 215 Å². The molecular formula is C28H31IN2O3. The average molecular weight is 570 g/mol. The number of ether oxygens (including phenoxy) is 1. The van der Waals surface area contributed by atoms with E-state index in [0.29, 0.717) is 25.3 Å². The monoisotopic (exact) mass is 570 g/mol. The largest absolute Gasteiger partial charge is 0.484 e. The van der Waals surface area contributed by atoms with Crippen molar-refractivity contribution >= 4 is 34.4 Å². The van der Waals surface area contributed by atoms with Gasteiger partial charge in [-0.1, -0.05) is 61.5 Å². The molecule has 0 fully saturated rings. The fourth-order valence-corrected chi connectivity index (χ4v) is 4.01. The summed E-state index contributed by atoms with van der Waals surface area (Å²) in [5.41, 5.74) is 3.08. The Morgan fingerprint density at radius 1 is 0.971 bits per heavy atom. The van der Waals surface area contributed by atoms with Gasteiger partial charge in [0, 0.05) is 23.1 Å².